The van der Waals surface area contributed by atoms with Crippen LogP contribution in [0.3, 0.4) is 0 Å². The van der Waals surface area contributed by atoms with E-state index in [1.54, 1.807) is 0 Å². The maximum atomic E-state index is 7.81. The smallest absolute Gasteiger partial charge is 0.153 e. The number of fused-ring (bicyclic) bond motifs is 6. The van der Waals surface area contributed by atoms with E-state index >= 15 is 0 Å². The Morgan fingerprint density at radius 3 is 2.81 bits per heavy atom. The summed E-state index contributed by atoms with van der Waals surface area (Å²) in [4.78, 5) is 0. The van der Waals surface area contributed by atoms with E-state index in [1.807, 2.05) is 0 Å². The van der Waals surface area contributed by atoms with E-state index in [2.05, 4.69) is 22.4 Å². The van der Waals surface area contributed by atoms with Crippen LogP contribution in [-0.4, -0.2) is 28.9 Å². The summed E-state index contributed by atoms with van der Waals surface area (Å²) >= 11 is 2.25. The van der Waals surface area contributed by atoms with Crippen molar-refractivity contribution in [3.63, 3.8) is 0 Å². The number of rotatable bonds is 1. The monoisotopic (exact) mass is 391 g/mol. The molecule has 0 aromatic rings. The zero-order valence-electron chi connectivity index (χ0n) is 19.3. The molecule has 6 aliphatic rings. The Morgan fingerprint density at radius 2 is 1.85 bits per heavy atom. The summed E-state index contributed by atoms with van der Waals surface area (Å²) in [6, 6.07) is 0.0463. The molecule has 1 saturated carbocycles. The predicted molar refractivity (Wildman–Crippen MR) is 111 cm³/mol. The fourth-order valence-electron chi connectivity index (χ4n) is 7.25. The van der Waals surface area contributed by atoms with Crippen LogP contribution in [0.2, 0.25) is 0 Å². The van der Waals surface area contributed by atoms with Crippen molar-refractivity contribution in [2.75, 3.05) is 0 Å². The molecule has 4 aliphatic heterocycles. The Morgan fingerprint density at radius 1 is 0.926 bits per heavy atom. The maximum absolute atomic E-state index is 7.81. The second-order valence-corrected chi connectivity index (χ2v) is 11.3. The first-order valence-electron chi connectivity index (χ1n) is 13.1. The molecule has 4 heterocycles. The lowest BCUT2D eigenvalue weighted by Gasteiger charge is -2.38. The first-order chi connectivity index (χ1) is 14.5. The van der Waals surface area contributed by atoms with E-state index in [0.717, 1.165) is 36.3 Å². The van der Waals surface area contributed by atoms with Gasteiger partial charge in [0.15, 0.2) is 6.23 Å². The Kier molecular flexibility index (Phi) is 3.79. The molecule has 0 bridgehead atoms. The van der Waals surface area contributed by atoms with Gasteiger partial charge in [0, 0.05) is 33.3 Å². The van der Waals surface area contributed by atoms with Crippen molar-refractivity contribution in [1.29, 1.82) is 0 Å². The van der Waals surface area contributed by atoms with Gasteiger partial charge in [0.1, 0.15) is 5.76 Å². The fraction of sp³-hybridized carbons (Fsp3) is 0.913. The third-order valence-corrected chi connectivity index (χ3v) is 10.2. The Hall–Kier alpha value is -0.190. The van der Waals surface area contributed by atoms with Gasteiger partial charge >= 0.3 is 0 Å². The van der Waals surface area contributed by atoms with Crippen molar-refractivity contribution in [2.45, 2.75) is 106 Å². The predicted octanol–water partition coefficient (Wildman–Crippen LogP) is 4.78. The van der Waals surface area contributed by atoms with Gasteiger partial charge in [-0.1, -0.05) is 12.8 Å². The van der Waals surface area contributed by atoms with Crippen LogP contribution >= 0.6 is 11.8 Å². The third kappa shape index (κ3) is 2.92. The molecule has 0 aromatic carbocycles. The lowest BCUT2D eigenvalue weighted by molar-refractivity contribution is 0.0572. The molecular formula is C23H36N2OS. The van der Waals surface area contributed by atoms with Gasteiger partial charge in [-0.05, 0) is 82.0 Å². The molecule has 9 atom stereocenters. The van der Waals surface area contributed by atoms with Crippen LogP contribution < -0.4 is 10.6 Å². The molecule has 5 fully saturated rings. The molecule has 0 radical (unpaired) electrons. The number of nitrogens with one attached hydrogen (secondary N) is 2. The Balaban J connectivity index is 1.20. The van der Waals surface area contributed by atoms with Crippen molar-refractivity contribution >= 4 is 11.8 Å². The summed E-state index contributed by atoms with van der Waals surface area (Å²) in [7, 11) is 0. The van der Waals surface area contributed by atoms with Crippen molar-refractivity contribution in [1.82, 2.24) is 10.6 Å². The van der Waals surface area contributed by atoms with Gasteiger partial charge in [-0.3, -0.25) is 10.6 Å². The molecule has 0 aromatic heterocycles. The fourth-order valence-corrected chi connectivity index (χ4v) is 9.25. The van der Waals surface area contributed by atoms with Crippen LogP contribution in [0.25, 0.3) is 0 Å². The second-order valence-electron chi connectivity index (χ2n) is 9.89. The summed E-state index contributed by atoms with van der Waals surface area (Å²) < 4.78 is 30.0. The number of thioether (sulfide) groups is 1. The molecule has 3 nitrogen and oxygen atoms in total. The first kappa shape index (κ1) is 14.7. The van der Waals surface area contributed by atoms with Crippen molar-refractivity contribution in [3.8, 4) is 0 Å². The normalized spacial score (nSPS) is 53.9. The van der Waals surface area contributed by atoms with Crippen molar-refractivity contribution in [2.24, 2.45) is 23.7 Å². The lowest BCUT2D eigenvalue weighted by atomic mass is 9.73. The molecule has 2 N–H and O–H groups in total. The van der Waals surface area contributed by atoms with Gasteiger partial charge in [0.25, 0.3) is 0 Å². The minimum Gasteiger partial charge on any atom is -0.479 e. The van der Waals surface area contributed by atoms with Gasteiger partial charge in [0.05, 0.1) is 5.37 Å². The quantitative estimate of drug-likeness (QED) is 0.674. The topological polar surface area (TPSA) is 33.3 Å². The summed E-state index contributed by atoms with van der Waals surface area (Å²) in [5.41, 5.74) is 1.53. The highest BCUT2D eigenvalue weighted by Gasteiger charge is 2.50. The average molecular weight is 392 g/mol. The molecule has 0 amide bonds. The van der Waals surface area contributed by atoms with E-state index < -0.39 is 12.9 Å². The zero-order valence-corrected chi connectivity index (χ0v) is 17.1. The Bertz CT molecular complexity index is 713. The van der Waals surface area contributed by atoms with E-state index in [1.165, 1.54) is 62.7 Å². The standard InChI is InChI=1S/C23H36N2OS/c1-13-9-10-16-15-6-4-7-18(21(15)26-22(16)24-13)19-12-11-17-14-5-2-3-8-20(14)27-23(17)25-19/h13-17,19-20,22-25H,2-12H2,1H3/t13?,14-,15+,16?,17+,19-,20-,22?,23?/m1/s1/i1D3. The number of allylic oxidation sites excluding steroid dienone is 1. The molecule has 150 valence electrons. The SMILES string of the molecule is [2H]C([2H])([2H])C1CCC2C(N1)OC1=C([C@H]3CC[C@@H]4C(N3)S[C@@H]3CCCC[C@H]43)CCC[C@H]12. The van der Waals surface area contributed by atoms with Crippen LogP contribution in [0.1, 0.15) is 81.6 Å². The number of hydrogen-bond acceptors (Lipinski definition) is 4. The van der Waals surface area contributed by atoms with Crippen LogP contribution in [0, 0.1) is 23.7 Å². The van der Waals surface area contributed by atoms with Crippen LogP contribution in [0.4, 0.5) is 0 Å². The summed E-state index contributed by atoms with van der Waals surface area (Å²) in [6.07, 6.45) is 13.6. The molecule has 2 aliphatic carbocycles. The Labute approximate surface area is 173 Å². The highest BCUT2D eigenvalue weighted by atomic mass is 32.2. The van der Waals surface area contributed by atoms with Gasteiger partial charge in [-0.25, -0.2) is 0 Å². The number of ether oxygens (including phenoxy) is 1. The number of piperidine rings is 2. The van der Waals surface area contributed by atoms with Crippen LogP contribution in [0.5, 0.6) is 0 Å². The largest absolute Gasteiger partial charge is 0.479 e. The van der Waals surface area contributed by atoms with E-state index in [4.69, 9.17) is 8.85 Å². The molecule has 27 heavy (non-hydrogen) atoms. The molecule has 4 saturated heterocycles. The summed E-state index contributed by atoms with van der Waals surface area (Å²) in [6.45, 7) is -1.93. The minimum absolute atomic E-state index is 0.0997. The highest BCUT2D eigenvalue weighted by molar-refractivity contribution is 8.00. The van der Waals surface area contributed by atoms with E-state index in [-0.39, 0.29) is 6.23 Å². The summed E-state index contributed by atoms with van der Waals surface area (Å²) in [5.74, 6) is 4.02. The van der Waals surface area contributed by atoms with Gasteiger partial charge in [-0.15, -0.1) is 11.8 Å². The molecular weight excluding hydrogens is 352 g/mol. The second kappa shape index (κ2) is 6.95. The van der Waals surface area contributed by atoms with Gasteiger partial charge in [-0.2, -0.15) is 0 Å². The zero-order chi connectivity index (χ0) is 20.5. The van der Waals surface area contributed by atoms with Gasteiger partial charge in [0.2, 0.25) is 0 Å². The first-order valence-corrected chi connectivity index (χ1v) is 12.5. The van der Waals surface area contributed by atoms with Crippen molar-refractivity contribution < 1.29 is 8.85 Å². The van der Waals surface area contributed by atoms with E-state index in [0.29, 0.717) is 23.3 Å². The molecule has 4 unspecified atom stereocenters. The molecule has 4 heteroatoms. The third-order valence-electron chi connectivity index (χ3n) is 8.52. The van der Waals surface area contributed by atoms with E-state index in [9.17, 15) is 0 Å². The highest BCUT2D eigenvalue weighted by Crippen LogP contribution is 2.54. The van der Waals surface area contributed by atoms with Gasteiger partial charge < -0.3 is 4.74 Å². The molecule has 6 rings (SSSR count). The van der Waals surface area contributed by atoms with Crippen LogP contribution in [0.15, 0.2) is 11.3 Å². The van der Waals surface area contributed by atoms with Crippen molar-refractivity contribution in [3.05, 3.63) is 11.3 Å². The maximum Gasteiger partial charge on any atom is 0.153 e. The number of hydrogen-bond donors (Lipinski definition) is 2. The lowest BCUT2D eigenvalue weighted by Crippen LogP contribution is -2.47. The average Bonchev–Trinajstić information content (AvgIpc) is 3.30. The minimum atomic E-state index is -1.93. The molecule has 0 spiro atoms. The van der Waals surface area contributed by atoms with Crippen LogP contribution in [-0.2, 0) is 4.74 Å². The summed E-state index contributed by atoms with van der Waals surface area (Å²) in [5, 5.41) is 8.97.